The van der Waals surface area contributed by atoms with Crippen molar-refractivity contribution in [2.24, 2.45) is 5.41 Å². The molecule has 1 amide bonds. The number of hydrogen-bond acceptors (Lipinski definition) is 5. The van der Waals surface area contributed by atoms with Crippen molar-refractivity contribution in [3.05, 3.63) is 0 Å². The number of carboxylic acids is 1. The number of carboxylic acid groups (broad SMARTS) is 1. The van der Waals surface area contributed by atoms with E-state index in [0.29, 0.717) is 6.42 Å². The summed E-state index contributed by atoms with van der Waals surface area (Å²) in [5, 5.41) is 9.11. The molecule has 0 aliphatic carbocycles. The summed E-state index contributed by atoms with van der Waals surface area (Å²) in [5.74, 6) is -1.39. The van der Waals surface area contributed by atoms with Crippen LogP contribution in [0.25, 0.3) is 0 Å². The average Bonchev–Trinajstić information content (AvgIpc) is 2.69. The molecule has 8 heteroatoms. The molecular weight excluding hydrogens is 298 g/mol. The first-order valence-corrected chi connectivity index (χ1v) is 8.63. The van der Waals surface area contributed by atoms with Crippen molar-refractivity contribution >= 4 is 21.7 Å². The lowest BCUT2D eigenvalue weighted by Gasteiger charge is -2.30. The Morgan fingerprint density at radius 3 is 2.43 bits per heavy atom. The Kier molecular flexibility index (Phi) is 5.75. The molecule has 1 aliphatic rings. The fourth-order valence-corrected chi connectivity index (χ4v) is 4.01. The second-order valence-electron chi connectivity index (χ2n) is 6.00. The van der Waals surface area contributed by atoms with Crippen molar-refractivity contribution < 1.29 is 27.9 Å². The van der Waals surface area contributed by atoms with E-state index < -0.39 is 21.2 Å². The molecular formula is C13H23NO6S. The molecule has 0 spiro atoms. The Morgan fingerprint density at radius 2 is 2.00 bits per heavy atom. The van der Waals surface area contributed by atoms with Crippen LogP contribution in [-0.2, 0) is 24.2 Å². The SMILES string of the molecule is COCCN(C(=O)CC(C)(C)C(=O)O)C1CCS(=O)(=O)C1. The molecule has 1 N–H and O–H groups in total. The molecule has 1 unspecified atom stereocenters. The van der Waals surface area contributed by atoms with Gasteiger partial charge in [0.15, 0.2) is 9.84 Å². The molecule has 0 saturated carbocycles. The van der Waals surface area contributed by atoms with Crippen LogP contribution in [0.5, 0.6) is 0 Å². The Morgan fingerprint density at radius 1 is 1.38 bits per heavy atom. The molecule has 7 nitrogen and oxygen atoms in total. The number of hydrogen-bond donors (Lipinski definition) is 1. The summed E-state index contributed by atoms with van der Waals surface area (Å²) in [6, 6.07) is -0.387. The highest BCUT2D eigenvalue weighted by atomic mass is 32.2. The predicted octanol–water partition coefficient (Wildman–Crippen LogP) is 0.149. The maximum Gasteiger partial charge on any atom is 0.309 e. The lowest BCUT2D eigenvalue weighted by atomic mass is 9.88. The maximum absolute atomic E-state index is 12.4. The number of sulfone groups is 1. The molecule has 0 aromatic carbocycles. The number of carbonyl (C=O) groups is 2. The van der Waals surface area contributed by atoms with E-state index in [0.717, 1.165) is 0 Å². The lowest BCUT2D eigenvalue weighted by Crippen LogP contribution is -2.45. The summed E-state index contributed by atoms with van der Waals surface area (Å²) in [6.07, 6.45) is 0.230. The molecule has 21 heavy (non-hydrogen) atoms. The van der Waals surface area contributed by atoms with E-state index >= 15 is 0 Å². The van der Waals surface area contributed by atoms with E-state index in [4.69, 9.17) is 9.84 Å². The van der Waals surface area contributed by atoms with Gasteiger partial charge >= 0.3 is 5.97 Å². The minimum absolute atomic E-state index is 0.0596. The second-order valence-corrected chi connectivity index (χ2v) is 8.23. The number of methoxy groups -OCH3 is 1. The zero-order valence-electron chi connectivity index (χ0n) is 12.7. The third kappa shape index (κ3) is 4.96. The Hall–Kier alpha value is -1.15. The molecule has 1 rings (SSSR count). The maximum atomic E-state index is 12.4. The van der Waals surface area contributed by atoms with Crippen LogP contribution in [0.3, 0.4) is 0 Å². The van der Waals surface area contributed by atoms with Gasteiger partial charge in [0.05, 0.1) is 23.5 Å². The van der Waals surface area contributed by atoms with Crippen molar-refractivity contribution in [3.8, 4) is 0 Å². The van der Waals surface area contributed by atoms with Gasteiger partial charge in [-0.1, -0.05) is 0 Å². The van der Waals surface area contributed by atoms with Gasteiger partial charge in [0, 0.05) is 26.1 Å². The molecule has 122 valence electrons. The van der Waals surface area contributed by atoms with Crippen LogP contribution >= 0.6 is 0 Å². The third-order valence-corrected chi connectivity index (χ3v) is 5.43. The topological polar surface area (TPSA) is 101 Å². The van der Waals surface area contributed by atoms with E-state index in [1.54, 1.807) is 0 Å². The van der Waals surface area contributed by atoms with Crippen molar-refractivity contribution in [2.45, 2.75) is 32.7 Å². The largest absolute Gasteiger partial charge is 0.481 e. The van der Waals surface area contributed by atoms with Crippen molar-refractivity contribution in [2.75, 3.05) is 31.8 Å². The standard InChI is InChI=1S/C13H23NO6S/c1-13(2,12(16)17)8-11(15)14(5-6-20-3)10-4-7-21(18,19)9-10/h10H,4-9H2,1-3H3,(H,16,17). The van der Waals surface area contributed by atoms with Gasteiger partial charge in [-0.2, -0.15) is 0 Å². The molecule has 0 aromatic rings. The minimum Gasteiger partial charge on any atom is -0.481 e. The highest BCUT2D eigenvalue weighted by molar-refractivity contribution is 7.91. The zero-order valence-corrected chi connectivity index (χ0v) is 13.5. The number of ether oxygens (including phenoxy) is 1. The monoisotopic (exact) mass is 321 g/mol. The van der Waals surface area contributed by atoms with Gasteiger partial charge in [-0.3, -0.25) is 9.59 Å². The van der Waals surface area contributed by atoms with Gasteiger partial charge in [0.2, 0.25) is 5.91 Å². The van der Waals surface area contributed by atoms with E-state index in [-0.39, 0.29) is 43.0 Å². The number of nitrogens with zero attached hydrogens (tertiary/aromatic N) is 1. The van der Waals surface area contributed by atoms with E-state index in [9.17, 15) is 18.0 Å². The first-order chi connectivity index (χ1) is 9.59. The number of carbonyl (C=O) groups excluding carboxylic acids is 1. The third-order valence-electron chi connectivity index (χ3n) is 3.68. The van der Waals surface area contributed by atoms with Crippen molar-refractivity contribution in [1.29, 1.82) is 0 Å². The van der Waals surface area contributed by atoms with Crippen LogP contribution in [0.4, 0.5) is 0 Å². The number of amides is 1. The molecule has 1 fully saturated rings. The van der Waals surface area contributed by atoms with E-state index in [2.05, 4.69) is 0 Å². The van der Waals surface area contributed by atoms with Crippen LogP contribution in [0.2, 0.25) is 0 Å². The summed E-state index contributed by atoms with van der Waals surface area (Å²) >= 11 is 0. The first-order valence-electron chi connectivity index (χ1n) is 6.81. The number of rotatable bonds is 7. The predicted molar refractivity (Wildman–Crippen MR) is 76.7 cm³/mol. The minimum atomic E-state index is -3.11. The summed E-state index contributed by atoms with van der Waals surface area (Å²) < 4.78 is 28.1. The lowest BCUT2D eigenvalue weighted by molar-refractivity contribution is -0.152. The molecule has 1 heterocycles. The molecule has 0 aromatic heterocycles. The van der Waals surface area contributed by atoms with Gasteiger partial charge in [-0.05, 0) is 20.3 Å². The zero-order chi connectivity index (χ0) is 16.3. The first kappa shape index (κ1) is 17.9. The van der Waals surface area contributed by atoms with Gasteiger partial charge in [-0.25, -0.2) is 8.42 Å². The quantitative estimate of drug-likeness (QED) is 0.716. The Bertz CT molecular complexity index is 499. The van der Waals surface area contributed by atoms with Gasteiger partial charge in [0.1, 0.15) is 0 Å². The number of aliphatic carboxylic acids is 1. The molecule has 1 aliphatic heterocycles. The molecule has 1 saturated heterocycles. The van der Waals surface area contributed by atoms with E-state index in [1.165, 1.54) is 25.9 Å². The molecule has 0 bridgehead atoms. The van der Waals surface area contributed by atoms with E-state index in [1.807, 2.05) is 0 Å². The van der Waals surface area contributed by atoms with Crippen LogP contribution < -0.4 is 0 Å². The second kappa shape index (κ2) is 6.74. The fraction of sp³-hybridized carbons (Fsp3) is 0.846. The highest BCUT2D eigenvalue weighted by Crippen LogP contribution is 2.25. The van der Waals surface area contributed by atoms with Crippen LogP contribution in [0.15, 0.2) is 0 Å². The van der Waals surface area contributed by atoms with Crippen LogP contribution in [0, 0.1) is 5.41 Å². The summed E-state index contributed by atoms with van der Waals surface area (Å²) in [5.41, 5.74) is -1.18. The van der Waals surface area contributed by atoms with Gasteiger partial charge in [0.25, 0.3) is 0 Å². The fourth-order valence-electron chi connectivity index (χ4n) is 2.28. The summed E-state index contributed by atoms with van der Waals surface area (Å²) in [6.45, 7) is 3.52. The normalized spacial score (nSPS) is 21.2. The van der Waals surface area contributed by atoms with Crippen LogP contribution in [0.1, 0.15) is 26.7 Å². The van der Waals surface area contributed by atoms with Crippen LogP contribution in [-0.4, -0.2) is 68.1 Å². The molecule has 1 atom stereocenters. The summed E-state index contributed by atoms with van der Waals surface area (Å²) in [4.78, 5) is 25.0. The summed E-state index contributed by atoms with van der Waals surface area (Å²) in [7, 11) is -1.61. The van der Waals surface area contributed by atoms with Gasteiger partial charge in [-0.15, -0.1) is 0 Å². The Balaban J connectivity index is 2.82. The Labute approximate surface area is 125 Å². The highest BCUT2D eigenvalue weighted by Gasteiger charge is 2.38. The smallest absolute Gasteiger partial charge is 0.309 e. The van der Waals surface area contributed by atoms with Crippen molar-refractivity contribution in [3.63, 3.8) is 0 Å². The van der Waals surface area contributed by atoms with Gasteiger partial charge < -0.3 is 14.7 Å². The van der Waals surface area contributed by atoms with Crippen molar-refractivity contribution in [1.82, 2.24) is 4.90 Å². The average molecular weight is 321 g/mol. The molecule has 0 radical (unpaired) electrons.